The van der Waals surface area contributed by atoms with Crippen molar-refractivity contribution in [2.24, 2.45) is 0 Å². The van der Waals surface area contributed by atoms with Crippen LogP contribution in [0.25, 0.3) is 0 Å². The predicted molar refractivity (Wildman–Crippen MR) is 75.7 cm³/mol. The lowest BCUT2D eigenvalue weighted by Crippen LogP contribution is -2.31. The van der Waals surface area contributed by atoms with Crippen LogP contribution in [0.5, 0.6) is 0 Å². The molecule has 0 saturated heterocycles. The molecule has 0 fully saturated rings. The van der Waals surface area contributed by atoms with Gasteiger partial charge in [0.05, 0.1) is 0 Å². The van der Waals surface area contributed by atoms with Crippen molar-refractivity contribution in [3.8, 4) is 0 Å². The molecule has 0 N–H and O–H groups in total. The lowest BCUT2D eigenvalue weighted by Gasteiger charge is -2.20. The zero-order chi connectivity index (χ0) is 13.8. The van der Waals surface area contributed by atoms with E-state index in [1.54, 1.807) is 30.5 Å². The van der Waals surface area contributed by atoms with Crippen molar-refractivity contribution < 1.29 is 9.18 Å². The molecule has 0 aliphatic heterocycles. The Hall–Kier alpha value is -1.75. The van der Waals surface area contributed by atoms with Crippen molar-refractivity contribution >= 4 is 27.5 Å². The van der Waals surface area contributed by atoms with Gasteiger partial charge in [-0.15, -0.1) is 0 Å². The summed E-state index contributed by atoms with van der Waals surface area (Å²) in [4.78, 5) is 17.9. The van der Waals surface area contributed by atoms with Gasteiger partial charge in [0.15, 0.2) is 0 Å². The molecule has 0 unspecified atom stereocenters. The van der Waals surface area contributed by atoms with Crippen LogP contribution in [0, 0.1) is 5.82 Å². The van der Waals surface area contributed by atoms with Crippen LogP contribution in [-0.4, -0.2) is 17.4 Å². The van der Waals surface area contributed by atoms with E-state index in [9.17, 15) is 9.18 Å². The molecule has 98 valence electrons. The molecule has 0 bridgehead atoms. The quantitative estimate of drug-likeness (QED) is 0.864. The summed E-state index contributed by atoms with van der Waals surface area (Å²) in [6.07, 6.45) is 1.56. The molecule has 1 amide bonds. The fourth-order valence-electron chi connectivity index (χ4n) is 1.73. The fourth-order valence-corrected chi connectivity index (χ4v) is 1.96. The molecule has 5 heteroatoms. The summed E-state index contributed by atoms with van der Waals surface area (Å²) in [6.45, 7) is 2.28. The van der Waals surface area contributed by atoms with E-state index in [1.165, 1.54) is 17.0 Å². The third kappa shape index (κ3) is 3.17. The fraction of sp³-hybridized carbons (Fsp3) is 0.143. The topological polar surface area (TPSA) is 33.2 Å². The molecule has 1 heterocycles. The van der Waals surface area contributed by atoms with Crippen LogP contribution in [0.3, 0.4) is 0 Å². The highest BCUT2D eigenvalue weighted by atomic mass is 79.9. The number of carbonyl (C=O) groups excluding carboxylic acids is 1. The Labute approximate surface area is 119 Å². The van der Waals surface area contributed by atoms with Crippen molar-refractivity contribution in [3.05, 3.63) is 58.6 Å². The first-order valence-electron chi connectivity index (χ1n) is 5.81. The Morgan fingerprint density at radius 1 is 1.37 bits per heavy atom. The third-order valence-corrected chi connectivity index (χ3v) is 3.10. The zero-order valence-corrected chi connectivity index (χ0v) is 11.9. The van der Waals surface area contributed by atoms with Gasteiger partial charge in [-0.3, -0.25) is 4.79 Å². The third-order valence-electron chi connectivity index (χ3n) is 2.63. The number of rotatable bonds is 3. The van der Waals surface area contributed by atoms with Crippen molar-refractivity contribution in [1.82, 2.24) is 4.98 Å². The molecule has 0 aliphatic rings. The summed E-state index contributed by atoms with van der Waals surface area (Å²) in [5.41, 5.74) is 0.853. The second-order valence-electron chi connectivity index (χ2n) is 3.89. The molecule has 0 aliphatic carbocycles. The monoisotopic (exact) mass is 322 g/mol. The van der Waals surface area contributed by atoms with Gasteiger partial charge in [0.1, 0.15) is 11.5 Å². The Kier molecular flexibility index (Phi) is 4.27. The van der Waals surface area contributed by atoms with Crippen LogP contribution in [0.4, 0.5) is 10.1 Å². The molecular formula is C14H12BrFN2O. The Bertz CT molecular complexity index is 586. The van der Waals surface area contributed by atoms with Crippen LogP contribution < -0.4 is 4.90 Å². The lowest BCUT2D eigenvalue weighted by atomic mass is 10.2. The number of anilines is 1. The highest BCUT2D eigenvalue weighted by Gasteiger charge is 2.17. The first kappa shape index (κ1) is 13.7. The Balaban J connectivity index is 2.31. The van der Waals surface area contributed by atoms with E-state index >= 15 is 0 Å². The molecule has 19 heavy (non-hydrogen) atoms. The van der Waals surface area contributed by atoms with Crippen molar-refractivity contribution in [3.63, 3.8) is 0 Å². The number of halogens is 2. The number of aromatic nitrogens is 1. The average Bonchev–Trinajstić information content (AvgIpc) is 2.40. The number of benzene rings is 1. The zero-order valence-electron chi connectivity index (χ0n) is 10.3. The molecule has 2 rings (SSSR count). The van der Waals surface area contributed by atoms with Crippen LogP contribution in [0.2, 0.25) is 0 Å². The van der Waals surface area contributed by atoms with Crippen LogP contribution in [0.15, 0.2) is 47.1 Å². The second-order valence-corrected chi connectivity index (χ2v) is 4.81. The highest BCUT2D eigenvalue weighted by Crippen LogP contribution is 2.18. The van der Waals surface area contributed by atoms with Gasteiger partial charge in [0.2, 0.25) is 0 Å². The number of carbonyl (C=O) groups is 1. The summed E-state index contributed by atoms with van der Waals surface area (Å²) in [7, 11) is 0. The Morgan fingerprint density at radius 3 is 2.74 bits per heavy atom. The molecule has 1 aromatic carbocycles. The first-order valence-corrected chi connectivity index (χ1v) is 6.60. The average molecular weight is 323 g/mol. The molecule has 2 aromatic rings. The maximum absolute atomic E-state index is 13.2. The van der Waals surface area contributed by atoms with Gasteiger partial charge in [0, 0.05) is 22.9 Å². The van der Waals surface area contributed by atoms with Crippen LogP contribution >= 0.6 is 15.9 Å². The van der Waals surface area contributed by atoms with E-state index < -0.39 is 0 Å². The maximum atomic E-state index is 13.2. The van der Waals surface area contributed by atoms with E-state index in [0.29, 0.717) is 17.9 Å². The van der Waals surface area contributed by atoms with Gasteiger partial charge in [-0.1, -0.05) is 6.07 Å². The maximum Gasteiger partial charge on any atom is 0.276 e. The lowest BCUT2D eigenvalue weighted by molar-refractivity contribution is 0.0983. The highest BCUT2D eigenvalue weighted by molar-refractivity contribution is 9.10. The van der Waals surface area contributed by atoms with Crippen molar-refractivity contribution in [2.75, 3.05) is 11.4 Å². The van der Waals surface area contributed by atoms with Gasteiger partial charge >= 0.3 is 0 Å². The van der Waals surface area contributed by atoms with Crippen molar-refractivity contribution in [2.45, 2.75) is 6.92 Å². The van der Waals surface area contributed by atoms with E-state index in [4.69, 9.17) is 0 Å². The largest absolute Gasteiger partial charge is 0.307 e. The number of hydrogen-bond acceptors (Lipinski definition) is 2. The number of nitrogens with zero attached hydrogens (tertiary/aromatic N) is 2. The minimum absolute atomic E-state index is 0.249. The molecule has 0 spiro atoms. The predicted octanol–water partition coefficient (Wildman–Crippen LogP) is 3.65. The van der Waals surface area contributed by atoms with E-state index in [0.717, 1.165) is 4.47 Å². The number of pyridine rings is 1. The van der Waals surface area contributed by atoms with E-state index in [1.807, 2.05) is 6.92 Å². The standard InChI is InChI=1S/C14H12BrFN2O/c1-2-18(12-5-3-4-11(16)8-12)14(19)13-7-6-10(15)9-17-13/h3-9H,2H2,1H3. The van der Waals surface area contributed by atoms with Crippen molar-refractivity contribution in [1.29, 1.82) is 0 Å². The minimum atomic E-state index is -0.368. The molecule has 0 radical (unpaired) electrons. The smallest absolute Gasteiger partial charge is 0.276 e. The van der Waals surface area contributed by atoms with Gasteiger partial charge in [-0.25, -0.2) is 9.37 Å². The van der Waals surface area contributed by atoms with Crippen LogP contribution in [0.1, 0.15) is 17.4 Å². The normalized spacial score (nSPS) is 10.3. The molecule has 0 atom stereocenters. The summed E-state index contributed by atoms with van der Waals surface area (Å²) in [5, 5.41) is 0. The van der Waals surface area contributed by atoms with Gasteiger partial charge in [-0.2, -0.15) is 0 Å². The molecule has 1 aromatic heterocycles. The SMILES string of the molecule is CCN(C(=O)c1ccc(Br)cn1)c1cccc(F)c1. The molecular weight excluding hydrogens is 311 g/mol. The van der Waals surface area contributed by atoms with E-state index in [2.05, 4.69) is 20.9 Å². The summed E-state index contributed by atoms with van der Waals surface area (Å²) in [5.74, 6) is -0.617. The number of hydrogen-bond donors (Lipinski definition) is 0. The van der Waals surface area contributed by atoms with Gasteiger partial charge in [-0.05, 0) is 53.2 Å². The van der Waals surface area contributed by atoms with Crippen LogP contribution in [-0.2, 0) is 0 Å². The minimum Gasteiger partial charge on any atom is -0.307 e. The number of amides is 1. The van der Waals surface area contributed by atoms with Gasteiger partial charge < -0.3 is 4.90 Å². The summed E-state index contributed by atoms with van der Waals surface area (Å²) >= 11 is 3.27. The molecule has 0 saturated carbocycles. The molecule has 3 nitrogen and oxygen atoms in total. The summed E-state index contributed by atoms with van der Waals surface area (Å²) in [6, 6.07) is 9.34. The Morgan fingerprint density at radius 2 is 2.16 bits per heavy atom. The second kappa shape index (κ2) is 5.93. The van der Waals surface area contributed by atoms with Gasteiger partial charge in [0.25, 0.3) is 5.91 Å². The summed E-state index contributed by atoms with van der Waals surface area (Å²) < 4.78 is 14.0. The van der Waals surface area contributed by atoms with E-state index in [-0.39, 0.29) is 11.7 Å². The first-order chi connectivity index (χ1) is 9.11.